The van der Waals surface area contributed by atoms with Gasteiger partial charge in [0.1, 0.15) is 16.2 Å². The first-order chi connectivity index (χ1) is 11.2. The molecule has 1 heterocycles. The molecule has 6 nitrogen and oxygen atoms in total. The predicted octanol–water partition coefficient (Wildman–Crippen LogP) is 4.36. The number of rotatable bonds is 3. The largest absolute Gasteiger partial charge is 0.508 e. The molecule has 0 aliphatic rings. The summed E-state index contributed by atoms with van der Waals surface area (Å²) in [5, 5.41) is 16.7. The number of amides is 2. The summed E-state index contributed by atoms with van der Waals surface area (Å²) in [6.07, 6.45) is -0.622. The maximum Gasteiger partial charge on any atom is 0.412 e. The molecule has 2 aromatic rings. The van der Waals surface area contributed by atoms with Gasteiger partial charge >= 0.3 is 6.09 Å². The Balaban J connectivity index is 2.09. The summed E-state index contributed by atoms with van der Waals surface area (Å²) in [6.45, 7) is 7.05. The molecule has 0 unspecified atom stereocenters. The Hall–Kier alpha value is -2.54. The highest BCUT2D eigenvalue weighted by Crippen LogP contribution is 2.26. The molecule has 3 N–H and O–H groups in total. The SMILES string of the molecule is Cc1ccc(NC(=O)c2sccc2NC(=O)OC(C)(C)C)cc1O. The van der Waals surface area contributed by atoms with Crippen LogP contribution in [0.5, 0.6) is 5.75 Å². The third kappa shape index (κ3) is 4.73. The molecule has 128 valence electrons. The number of hydrogen-bond acceptors (Lipinski definition) is 5. The first-order valence-electron chi connectivity index (χ1n) is 7.34. The molecule has 0 saturated heterocycles. The summed E-state index contributed by atoms with van der Waals surface area (Å²) >= 11 is 1.20. The van der Waals surface area contributed by atoms with E-state index in [2.05, 4.69) is 10.6 Å². The zero-order valence-corrected chi connectivity index (χ0v) is 14.8. The number of benzene rings is 1. The van der Waals surface area contributed by atoms with Crippen molar-refractivity contribution in [2.75, 3.05) is 10.6 Å². The molecule has 1 aromatic carbocycles. The molecule has 0 saturated carbocycles. The first kappa shape index (κ1) is 17.8. The third-order valence-electron chi connectivity index (χ3n) is 2.97. The Bertz CT molecular complexity index is 762. The summed E-state index contributed by atoms with van der Waals surface area (Å²) in [5.74, 6) is -0.273. The maximum absolute atomic E-state index is 12.4. The number of carbonyl (C=O) groups is 2. The Morgan fingerprint density at radius 2 is 1.88 bits per heavy atom. The number of thiophene rings is 1. The van der Waals surface area contributed by atoms with Gasteiger partial charge in [-0.2, -0.15) is 0 Å². The number of carbonyl (C=O) groups excluding carboxylic acids is 2. The van der Waals surface area contributed by atoms with Gasteiger partial charge in [0.2, 0.25) is 0 Å². The molecule has 0 aliphatic carbocycles. The van der Waals surface area contributed by atoms with Crippen LogP contribution in [0.1, 0.15) is 36.0 Å². The molecule has 7 heteroatoms. The zero-order valence-electron chi connectivity index (χ0n) is 14.0. The van der Waals surface area contributed by atoms with Crippen LogP contribution >= 0.6 is 11.3 Å². The van der Waals surface area contributed by atoms with Gasteiger partial charge < -0.3 is 15.2 Å². The van der Waals surface area contributed by atoms with Gasteiger partial charge in [-0.05, 0) is 50.8 Å². The molecule has 0 atom stereocenters. The van der Waals surface area contributed by atoms with Gasteiger partial charge in [0, 0.05) is 11.8 Å². The number of aromatic hydroxyl groups is 1. The molecule has 24 heavy (non-hydrogen) atoms. The van der Waals surface area contributed by atoms with Gasteiger partial charge in [0.15, 0.2) is 0 Å². The highest BCUT2D eigenvalue weighted by Gasteiger charge is 2.20. The first-order valence-corrected chi connectivity index (χ1v) is 8.22. The standard InChI is InChI=1S/C17H20N2O4S/c1-10-5-6-11(9-13(10)20)18-15(21)14-12(7-8-24-14)19-16(22)23-17(2,3)4/h5-9,20H,1-4H3,(H,18,21)(H,19,22). The molecule has 2 amide bonds. The number of nitrogens with one attached hydrogen (secondary N) is 2. The summed E-state index contributed by atoms with van der Waals surface area (Å²) in [7, 11) is 0. The number of anilines is 2. The van der Waals surface area contributed by atoms with E-state index in [4.69, 9.17) is 4.74 Å². The second-order valence-corrected chi connectivity index (χ2v) is 7.16. The van der Waals surface area contributed by atoms with Gasteiger partial charge in [-0.1, -0.05) is 6.07 Å². The van der Waals surface area contributed by atoms with Crippen LogP contribution in [0.25, 0.3) is 0 Å². The normalized spacial score (nSPS) is 11.0. The summed E-state index contributed by atoms with van der Waals surface area (Å²) in [6, 6.07) is 6.51. The Morgan fingerprint density at radius 1 is 1.17 bits per heavy atom. The Labute approximate surface area is 144 Å². The minimum absolute atomic E-state index is 0.103. The van der Waals surface area contributed by atoms with E-state index in [1.807, 2.05) is 0 Å². The fourth-order valence-electron chi connectivity index (χ4n) is 1.87. The Morgan fingerprint density at radius 3 is 2.50 bits per heavy atom. The zero-order chi connectivity index (χ0) is 17.9. The van der Waals surface area contributed by atoms with Crippen molar-refractivity contribution in [2.45, 2.75) is 33.3 Å². The van der Waals surface area contributed by atoms with Gasteiger partial charge in [0.05, 0.1) is 5.69 Å². The van der Waals surface area contributed by atoms with Gasteiger partial charge in [-0.3, -0.25) is 10.1 Å². The lowest BCUT2D eigenvalue weighted by Gasteiger charge is -2.19. The summed E-state index contributed by atoms with van der Waals surface area (Å²) < 4.78 is 5.18. The van der Waals surface area contributed by atoms with Gasteiger partial charge in [-0.15, -0.1) is 11.3 Å². The number of phenolic OH excluding ortho intramolecular Hbond substituents is 1. The van der Waals surface area contributed by atoms with E-state index in [-0.39, 0.29) is 11.7 Å². The van der Waals surface area contributed by atoms with E-state index in [0.717, 1.165) is 5.56 Å². The molecule has 0 aliphatic heterocycles. The number of phenols is 1. The monoisotopic (exact) mass is 348 g/mol. The van der Waals surface area contributed by atoms with Crippen molar-refractivity contribution in [1.82, 2.24) is 0 Å². The predicted molar refractivity (Wildman–Crippen MR) is 95.0 cm³/mol. The van der Waals surface area contributed by atoms with Crippen LogP contribution in [0, 0.1) is 6.92 Å². The van der Waals surface area contributed by atoms with E-state index in [1.165, 1.54) is 17.4 Å². The van der Waals surface area contributed by atoms with Crippen LogP contribution in [0.3, 0.4) is 0 Å². The van der Waals surface area contributed by atoms with E-state index in [0.29, 0.717) is 16.3 Å². The number of ether oxygens (including phenoxy) is 1. The maximum atomic E-state index is 12.4. The average Bonchev–Trinajstić information content (AvgIpc) is 2.88. The summed E-state index contributed by atoms with van der Waals surface area (Å²) in [4.78, 5) is 24.6. The van der Waals surface area contributed by atoms with Gasteiger partial charge in [0.25, 0.3) is 5.91 Å². The van der Waals surface area contributed by atoms with Crippen molar-refractivity contribution in [3.63, 3.8) is 0 Å². The fraction of sp³-hybridized carbons (Fsp3) is 0.294. The van der Waals surface area contributed by atoms with E-state index >= 15 is 0 Å². The smallest absolute Gasteiger partial charge is 0.412 e. The lowest BCUT2D eigenvalue weighted by molar-refractivity contribution is 0.0636. The van der Waals surface area contributed by atoms with Crippen LogP contribution in [0.2, 0.25) is 0 Å². The second-order valence-electron chi connectivity index (χ2n) is 6.25. The number of hydrogen-bond donors (Lipinski definition) is 3. The second kappa shape index (κ2) is 6.92. The van der Waals surface area contributed by atoms with Crippen molar-refractivity contribution in [2.24, 2.45) is 0 Å². The van der Waals surface area contributed by atoms with Crippen LogP contribution in [-0.2, 0) is 4.74 Å². The molecule has 0 radical (unpaired) electrons. The van der Waals surface area contributed by atoms with E-state index in [1.54, 1.807) is 51.3 Å². The van der Waals surface area contributed by atoms with Crippen LogP contribution in [-0.4, -0.2) is 22.7 Å². The number of aryl methyl sites for hydroxylation is 1. The minimum Gasteiger partial charge on any atom is -0.508 e. The third-order valence-corrected chi connectivity index (χ3v) is 3.89. The molecule has 1 aromatic heterocycles. The van der Waals surface area contributed by atoms with Gasteiger partial charge in [-0.25, -0.2) is 4.79 Å². The van der Waals surface area contributed by atoms with Crippen LogP contribution < -0.4 is 10.6 Å². The highest BCUT2D eigenvalue weighted by atomic mass is 32.1. The molecule has 0 bridgehead atoms. The summed E-state index contributed by atoms with van der Waals surface area (Å²) in [5.41, 5.74) is 0.946. The van der Waals surface area contributed by atoms with Crippen LogP contribution in [0.4, 0.5) is 16.2 Å². The van der Waals surface area contributed by atoms with Crippen molar-refractivity contribution in [3.05, 3.63) is 40.1 Å². The minimum atomic E-state index is -0.623. The van der Waals surface area contributed by atoms with Crippen molar-refractivity contribution in [1.29, 1.82) is 0 Å². The average molecular weight is 348 g/mol. The quantitative estimate of drug-likeness (QED) is 0.769. The van der Waals surface area contributed by atoms with Crippen molar-refractivity contribution < 1.29 is 19.4 Å². The molecule has 0 fully saturated rings. The molecular formula is C17H20N2O4S. The Kier molecular flexibility index (Phi) is 5.14. The van der Waals surface area contributed by atoms with Crippen molar-refractivity contribution in [3.8, 4) is 5.75 Å². The fourth-order valence-corrected chi connectivity index (χ4v) is 2.62. The lowest BCUT2D eigenvalue weighted by Crippen LogP contribution is -2.27. The molecular weight excluding hydrogens is 328 g/mol. The molecule has 2 rings (SSSR count). The van der Waals surface area contributed by atoms with Crippen molar-refractivity contribution >= 4 is 34.7 Å². The topological polar surface area (TPSA) is 87.7 Å². The van der Waals surface area contributed by atoms with Crippen LogP contribution in [0.15, 0.2) is 29.6 Å². The van der Waals surface area contributed by atoms with E-state index < -0.39 is 11.7 Å². The highest BCUT2D eigenvalue weighted by molar-refractivity contribution is 7.12. The lowest BCUT2D eigenvalue weighted by atomic mass is 10.2. The molecule has 0 spiro atoms. The van der Waals surface area contributed by atoms with E-state index in [9.17, 15) is 14.7 Å².